The molecule has 3 N–H and O–H groups in total. The molecule has 0 saturated carbocycles. The Labute approximate surface area is 183 Å². The molecule has 3 rings (SSSR count). The van der Waals surface area contributed by atoms with Crippen LogP contribution in [0.4, 0.5) is 0 Å². The Kier molecular flexibility index (Phi) is 7.37. The molecule has 152 valence electrons. The summed E-state index contributed by atoms with van der Waals surface area (Å²) >= 11 is 11.0. The fourth-order valence-electron chi connectivity index (χ4n) is 2.61. The Hall–Kier alpha value is -3.42. The summed E-state index contributed by atoms with van der Waals surface area (Å²) in [6.45, 7) is -0.270. The maximum absolute atomic E-state index is 12.1. The quantitative estimate of drug-likeness (QED) is 0.321. The van der Waals surface area contributed by atoms with Crippen LogP contribution in [0.25, 0.3) is 16.8 Å². The van der Waals surface area contributed by atoms with Crippen molar-refractivity contribution in [2.75, 3.05) is 6.61 Å². The van der Waals surface area contributed by atoms with Crippen molar-refractivity contribution in [3.8, 4) is 5.75 Å². The Bertz CT molecular complexity index is 1110. The number of thiocarbonyl (C=S) groups is 1. The number of carbonyl (C=O) groups is 2. The number of benzene rings is 3. The average Bonchev–Trinajstić information content (AvgIpc) is 2.75. The summed E-state index contributed by atoms with van der Waals surface area (Å²) in [6, 6.07) is 20.5. The highest BCUT2D eigenvalue weighted by molar-refractivity contribution is 7.80. The summed E-state index contributed by atoms with van der Waals surface area (Å²) in [5.74, 6) is -0.524. The molecule has 0 aliphatic carbocycles. The van der Waals surface area contributed by atoms with Gasteiger partial charge in [-0.2, -0.15) is 0 Å². The van der Waals surface area contributed by atoms with Crippen LogP contribution in [-0.4, -0.2) is 23.5 Å². The van der Waals surface area contributed by atoms with Gasteiger partial charge in [-0.1, -0.05) is 66.2 Å². The Balaban J connectivity index is 1.45. The monoisotopic (exact) mass is 439 g/mol. The summed E-state index contributed by atoms with van der Waals surface area (Å²) in [6.07, 6.45) is 3.08. The first kappa shape index (κ1) is 21.3. The normalized spacial score (nSPS) is 10.6. The van der Waals surface area contributed by atoms with E-state index in [1.807, 2.05) is 42.5 Å². The summed E-state index contributed by atoms with van der Waals surface area (Å²) in [7, 11) is 0. The lowest BCUT2D eigenvalue weighted by atomic mass is 10.0. The molecule has 0 aliphatic rings. The minimum Gasteiger partial charge on any atom is -0.482 e. The van der Waals surface area contributed by atoms with E-state index in [4.69, 9.17) is 28.6 Å². The van der Waals surface area contributed by atoms with Gasteiger partial charge in [0, 0.05) is 6.08 Å². The van der Waals surface area contributed by atoms with Crippen LogP contribution in [0.5, 0.6) is 5.75 Å². The van der Waals surface area contributed by atoms with Crippen LogP contribution in [0.1, 0.15) is 5.56 Å². The first-order valence-corrected chi connectivity index (χ1v) is 9.74. The minimum absolute atomic E-state index is 0.0475. The molecule has 0 atom stereocenters. The fraction of sp³-hybridized carbons (Fsp3) is 0.0455. The van der Waals surface area contributed by atoms with Crippen molar-refractivity contribution in [1.82, 2.24) is 16.2 Å². The zero-order valence-corrected chi connectivity index (χ0v) is 17.3. The van der Waals surface area contributed by atoms with Crippen molar-refractivity contribution in [3.63, 3.8) is 0 Å². The third kappa shape index (κ3) is 6.04. The molecule has 0 unspecified atom stereocenters. The van der Waals surface area contributed by atoms with E-state index in [0.29, 0.717) is 10.8 Å². The smallest absolute Gasteiger partial charge is 0.276 e. The van der Waals surface area contributed by atoms with Crippen molar-refractivity contribution in [2.45, 2.75) is 0 Å². The van der Waals surface area contributed by atoms with Gasteiger partial charge in [0.15, 0.2) is 11.7 Å². The van der Waals surface area contributed by atoms with Gasteiger partial charge < -0.3 is 4.74 Å². The largest absolute Gasteiger partial charge is 0.482 e. The topological polar surface area (TPSA) is 79.5 Å². The SMILES string of the molecule is O=C(/C=C/c1cccc2ccccc12)NC(=S)NNC(=O)COc1ccccc1Cl. The molecule has 0 spiro atoms. The Morgan fingerprint density at radius 2 is 1.70 bits per heavy atom. The lowest BCUT2D eigenvalue weighted by Gasteiger charge is -2.11. The number of halogens is 1. The number of hydrogen-bond donors (Lipinski definition) is 3. The number of carbonyl (C=O) groups excluding carboxylic acids is 2. The molecule has 3 aromatic carbocycles. The number of hydrazine groups is 1. The zero-order valence-electron chi connectivity index (χ0n) is 15.7. The van der Waals surface area contributed by atoms with E-state index in [0.717, 1.165) is 16.3 Å². The summed E-state index contributed by atoms with van der Waals surface area (Å²) in [5.41, 5.74) is 5.69. The molecule has 0 aromatic heterocycles. The van der Waals surface area contributed by atoms with Gasteiger partial charge >= 0.3 is 0 Å². The highest BCUT2D eigenvalue weighted by Crippen LogP contribution is 2.22. The van der Waals surface area contributed by atoms with Gasteiger partial charge in [-0.15, -0.1) is 0 Å². The van der Waals surface area contributed by atoms with E-state index in [-0.39, 0.29) is 11.7 Å². The van der Waals surface area contributed by atoms with Crippen LogP contribution in [0.2, 0.25) is 5.02 Å². The lowest BCUT2D eigenvalue weighted by Crippen LogP contribution is -2.49. The van der Waals surface area contributed by atoms with E-state index < -0.39 is 11.8 Å². The van der Waals surface area contributed by atoms with Crippen molar-refractivity contribution >= 4 is 57.6 Å². The Morgan fingerprint density at radius 3 is 2.53 bits per heavy atom. The first-order chi connectivity index (χ1) is 14.5. The third-order valence-electron chi connectivity index (χ3n) is 3.99. The predicted octanol–water partition coefficient (Wildman–Crippen LogP) is 3.61. The molecule has 30 heavy (non-hydrogen) atoms. The number of rotatable bonds is 5. The second-order valence-electron chi connectivity index (χ2n) is 6.11. The molecule has 0 radical (unpaired) electrons. The summed E-state index contributed by atoms with van der Waals surface area (Å²) in [4.78, 5) is 23.9. The van der Waals surface area contributed by atoms with E-state index >= 15 is 0 Å². The summed E-state index contributed by atoms with van der Waals surface area (Å²) in [5, 5.41) is 4.93. The molecule has 0 heterocycles. The van der Waals surface area contributed by atoms with Gasteiger partial charge in [-0.3, -0.25) is 25.8 Å². The summed E-state index contributed by atoms with van der Waals surface area (Å²) < 4.78 is 5.31. The van der Waals surface area contributed by atoms with Gasteiger partial charge in [0.05, 0.1) is 5.02 Å². The predicted molar refractivity (Wildman–Crippen MR) is 122 cm³/mol. The molecule has 0 aliphatic heterocycles. The maximum atomic E-state index is 12.1. The van der Waals surface area contributed by atoms with Crippen molar-refractivity contribution in [2.24, 2.45) is 0 Å². The molecule has 2 amide bonds. The van der Waals surface area contributed by atoms with E-state index in [2.05, 4.69) is 16.2 Å². The highest BCUT2D eigenvalue weighted by atomic mass is 35.5. The molecule has 8 heteroatoms. The van der Waals surface area contributed by atoms with E-state index in [1.54, 1.807) is 30.3 Å². The van der Waals surface area contributed by atoms with Crippen LogP contribution in [-0.2, 0) is 9.59 Å². The lowest BCUT2D eigenvalue weighted by molar-refractivity contribution is -0.123. The minimum atomic E-state index is -0.488. The molecule has 0 fully saturated rings. The molecule has 0 saturated heterocycles. The van der Waals surface area contributed by atoms with E-state index in [9.17, 15) is 9.59 Å². The van der Waals surface area contributed by atoms with Gasteiger partial charge in [-0.05, 0) is 46.8 Å². The second kappa shape index (κ2) is 10.4. The number of hydrogen-bond acceptors (Lipinski definition) is 4. The van der Waals surface area contributed by atoms with Gasteiger partial charge in [0.25, 0.3) is 5.91 Å². The molecule has 0 bridgehead atoms. The number of amides is 2. The van der Waals surface area contributed by atoms with Crippen molar-refractivity contribution in [1.29, 1.82) is 0 Å². The van der Waals surface area contributed by atoms with Crippen LogP contribution in [0, 0.1) is 0 Å². The maximum Gasteiger partial charge on any atom is 0.276 e. The standard InChI is InChI=1S/C22H18ClN3O3S/c23-18-10-3-4-11-19(18)29-14-21(28)25-26-22(30)24-20(27)13-12-16-8-5-7-15-6-1-2-9-17(15)16/h1-13H,14H2,(H,25,28)(H2,24,26,27,30)/b13-12+. The van der Waals surface area contributed by atoms with Crippen LogP contribution in [0.3, 0.4) is 0 Å². The van der Waals surface area contributed by atoms with Gasteiger partial charge in [-0.25, -0.2) is 0 Å². The first-order valence-electron chi connectivity index (χ1n) is 8.96. The number of para-hydroxylation sites is 1. The third-order valence-corrected chi connectivity index (χ3v) is 4.50. The molecule has 3 aromatic rings. The Morgan fingerprint density at radius 1 is 0.967 bits per heavy atom. The van der Waals surface area contributed by atoms with Crippen LogP contribution in [0.15, 0.2) is 72.8 Å². The molecular formula is C22H18ClN3O3S. The van der Waals surface area contributed by atoms with E-state index in [1.165, 1.54) is 6.08 Å². The van der Waals surface area contributed by atoms with Gasteiger partial charge in [0.2, 0.25) is 5.91 Å². The number of fused-ring (bicyclic) bond motifs is 1. The zero-order chi connectivity index (χ0) is 21.3. The van der Waals surface area contributed by atoms with Gasteiger partial charge in [0.1, 0.15) is 5.75 Å². The molecular weight excluding hydrogens is 422 g/mol. The highest BCUT2D eigenvalue weighted by Gasteiger charge is 2.07. The second-order valence-corrected chi connectivity index (χ2v) is 6.93. The van der Waals surface area contributed by atoms with Crippen molar-refractivity contribution < 1.29 is 14.3 Å². The van der Waals surface area contributed by atoms with Crippen LogP contribution < -0.4 is 20.9 Å². The fourth-order valence-corrected chi connectivity index (χ4v) is 2.96. The number of nitrogens with one attached hydrogen (secondary N) is 3. The number of ether oxygens (including phenoxy) is 1. The average molecular weight is 440 g/mol. The van der Waals surface area contributed by atoms with Crippen LogP contribution >= 0.6 is 23.8 Å². The van der Waals surface area contributed by atoms with Crippen molar-refractivity contribution in [3.05, 3.63) is 83.4 Å². The molecule has 6 nitrogen and oxygen atoms in total.